The molecule has 0 aromatic heterocycles. The number of nitrogens with zero attached hydrogens (tertiary/aromatic N) is 1. The van der Waals surface area contributed by atoms with Crippen LogP contribution < -0.4 is 0 Å². The van der Waals surface area contributed by atoms with Crippen LogP contribution in [-0.2, 0) is 9.59 Å². The number of rotatable bonds is 10. The third-order valence-corrected chi connectivity index (χ3v) is 2.64. The molecule has 0 saturated heterocycles. The van der Waals surface area contributed by atoms with Gasteiger partial charge in [-0.05, 0) is 33.4 Å². The lowest BCUT2D eigenvalue weighted by atomic mass is 9.90. The van der Waals surface area contributed by atoms with Gasteiger partial charge in [0.15, 0.2) is 0 Å². The zero-order valence-corrected chi connectivity index (χ0v) is 11.2. The second-order valence-electron chi connectivity index (χ2n) is 4.90. The molecule has 0 aromatic rings. The average Bonchev–Trinajstić information content (AvgIpc) is 2.22. The first-order valence-electron chi connectivity index (χ1n) is 6.00. The van der Waals surface area contributed by atoms with Gasteiger partial charge in [-0.25, -0.2) is 0 Å². The van der Waals surface area contributed by atoms with Crippen LogP contribution in [0.1, 0.15) is 32.1 Å². The van der Waals surface area contributed by atoms with E-state index in [1.165, 1.54) is 0 Å². The third-order valence-electron chi connectivity index (χ3n) is 2.64. The summed E-state index contributed by atoms with van der Waals surface area (Å²) in [6, 6.07) is 0. The van der Waals surface area contributed by atoms with E-state index in [0.29, 0.717) is 19.4 Å². The largest absolute Gasteiger partial charge is 0.481 e. The number of carbonyl (C=O) groups excluding carboxylic acids is 1. The summed E-state index contributed by atoms with van der Waals surface area (Å²) in [5, 5.41) is 18.9. The lowest BCUT2D eigenvalue weighted by Gasteiger charge is -2.30. The molecule has 104 valence electrons. The number of aliphatic carboxylic acids is 1. The van der Waals surface area contributed by atoms with Crippen molar-refractivity contribution in [2.45, 2.75) is 37.7 Å². The number of carboxylic acids is 1. The van der Waals surface area contributed by atoms with Crippen molar-refractivity contribution in [2.75, 3.05) is 20.6 Å². The van der Waals surface area contributed by atoms with Crippen LogP contribution >= 0.6 is 0 Å². The van der Waals surface area contributed by atoms with Crippen molar-refractivity contribution in [1.29, 1.82) is 0 Å². The van der Waals surface area contributed by atoms with Crippen LogP contribution in [0.25, 0.3) is 0 Å². The van der Waals surface area contributed by atoms with Gasteiger partial charge in [0.05, 0.1) is 5.60 Å². The highest BCUT2D eigenvalue weighted by Gasteiger charge is 2.27. The summed E-state index contributed by atoms with van der Waals surface area (Å²) in [7, 11) is 3.69. The number of likely N-dealkylation sites (N-methyl/N-ethyl adjacent to an activating group) is 1. The molecule has 2 N–H and O–H groups in total. The Morgan fingerprint density at radius 3 is 2.39 bits per heavy atom. The van der Waals surface area contributed by atoms with E-state index in [2.05, 4.69) is 6.58 Å². The van der Waals surface area contributed by atoms with Crippen LogP contribution in [0, 0.1) is 0 Å². The maximum absolute atomic E-state index is 11.3. The first-order chi connectivity index (χ1) is 8.29. The topological polar surface area (TPSA) is 77.8 Å². The monoisotopic (exact) mass is 257 g/mol. The highest BCUT2D eigenvalue weighted by molar-refractivity contribution is 5.94. The first kappa shape index (κ1) is 16.8. The summed E-state index contributed by atoms with van der Waals surface area (Å²) in [6.45, 7) is 4.05. The molecular formula is C13H23NO4. The molecule has 0 fully saturated rings. The van der Waals surface area contributed by atoms with Gasteiger partial charge >= 0.3 is 5.97 Å². The number of ketones is 1. The Kier molecular flexibility index (Phi) is 7.47. The molecule has 0 aromatic carbocycles. The van der Waals surface area contributed by atoms with E-state index in [0.717, 1.165) is 0 Å². The van der Waals surface area contributed by atoms with Crippen LogP contribution in [0.15, 0.2) is 12.7 Å². The van der Waals surface area contributed by atoms with Gasteiger partial charge in [-0.2, -0.15) is 0 Å². The van der Waals surface area contributed by atoms with E-state index < -0.39 is 18.0 Å². The van der Waals surface area contributed by atoms with E-state index >= 15 is 0 Å². The normalized spacial score (nSPS) is 14.2. The molecule has 0 aliphatic carbocycles. The summed E-state index contributed by atoms with van der Waals surface area (Å²) in [4.78, 5) is 23.6. The van der Waals surface area contributed by atoms with E-state index in [1.54, 1.807) is 6.08 Å². The molecule has 0 heterocycles. The number of Topliss-reactive ketones (excluding diaryl/α,β-unsaturated/α-hetero) is 1. The third kappa shape index (κ3) is 7.97. The highest BCUT2D eigenvalue weighted by Crippen LogP contribution is 2.21. The maximum Gasteiger partial charge on any atom is 0.310 e. The van der Waals surface area contributed by atoms with Gasteiger partial charge in [0.1, 0.15) is 12.2 Å². The van der Waals surface area contributed by atoms with Crippen molar-refractivity contribution >= 4 is 11.8 Å². The zero-order valence-electron chi connectivity index (χ0n) is 11.2. The standard InChI is InChI=1S/C13H23NO4/c1-4-5-7-13(18,10-14(2)3)8-6-11(15)9-12(16)17/h4,18H,1,5-10H2,2-3H3,(H,16,17). The Morgan fingerprint density at radius 2 is 1.94 bits per heavy atom. The van der Waals surface area contributed by atoms with Crippen molar-refractivity contribution in [2.24, 2.45) is 0 Å². The predicted molar refractivity (Wildman–Crippen MR) is 69.4 cm³/mol. The summed E-state index contributed by atoms with van der Waals surface area (Å²) < 4.78 is 0. The number of hydrogen-bond acceptors (Lipinski definition) is 4. The average molecular weight is 257 g/mol. The van der Waals surface area contributed by atoms with Gasteiger partial charge < -0.3 is 15.1 Å². The maximum atomic E-state index is 11.3. The molecule has 0 aliphatic heterocycles. The lowest BCUT2D eigenvalue weighted by molar-refractivity contribution is -0.140. The van der Waals surface area contributed by atoms with Crippen LogP contribution in [0.4, 0.5) is 0 Å². The van der Waals surface area contributed by atoms with Crippen molar-refractivity contribution in [1.82, 2.24) is 4.90 Å². The van der Waals surface area contributed by atoms with E-state index in [4.69, 9.17) is 5.11 Å². The van der Waals surface area contributed by atoms with E-state index in [9.17, 15) is 14.7 Å². The Labute approximate surface area is 108 Å². The fraction of sp³-hybridized carbons (Fsp3) is 0.692. The molecule has 1 unspecified atom stereocenters. The summed E-state index contributed by atoms with van der Waals surface area (Å²) in [6.07, 6.45) is 2.81. The summed E-state index contributed by atoms with van der Waals surface area (Å²) in [5.41, 5.74) is -0.966. The number of hydrogen-bond donors (Lipinski definition) is 2. The van der Waals surface area contributed by atoms with Gasteiger partial charge in [0.2, 0.25) is 0 Å². The second kappa shape index (κ2) is 8.00. The fourth-order valence-corrected chi connectivity index (χ4v) is 1.87. The van der Waals surface area contributed by atoms with Crippen molar-refractivity contribution in [3.05, 3.63) is 12.7 Å². The van der Waals surface area contributed by atoms with Crippen molar-refractivity contribution in [3.8, 4) is 0 Å². The molecule has 1 atom stereocenters. The quantitative estimate of drug-likeness (QED) is 0.452. The smallest absolute Gasteiger partial charge is 0.310 e. The Morgan fingerprint density at radius 1 is 1.33 bits per heavy atom. The molecule has 0 rings (SSSR count). The molecule has 0 bridgehead atoms. The van der Waals surface area contributed by atoms with Crippen LogP contribution in [0.3, 0.4) is 0 Å². The molecule has 5 heteroatoms. The molecule has 0 amide bonds. The Balaban J connectivity index is 4.35. The number of aliphatic hydroxyl groups is 1. The zero-order chi connectivity index (χ0) is 14.2. The number of carboxylic acid groups (broad SMARTS) is 1. The van der Waals surface area contributed by atoms with Gasteiger partial charge in [-0.15, -0.1) is 6.58 Å². The summed E-state index contributed by atoms with van der Waals surface area (Å²) in [5.74, 6) is -1.47. The lowest BCUT2D eigenvalue weighted by Crippen LogP contribution is -2.40. The summed E-state index contributed by atoms with van der Waals surface area (Å²) >= 11 is 0. The molecule has 0 saturated carbocycles. The fourth-order valence-electron chi connectivity index (χ4n) is 1.87. The molecular weight excluding hydrogens is 234 g/mol. The minimum Gasteiger partial charge on any atom is -0.481 e. The number of allylic oxidation sites excluding steroid dienone is 1. The van der Waals surface area contributed by atoms with Gasteiger partial charge in [0, 0.05) is 13.0 Å². The van der Waals surface area contributed by atoms with Crippen LogP contribution in [0.5, 0.6) is 0 Å². The molecule has 5 nitrogen and oxygen atoms in total. The van der Waals surface area contributed by atoms with Gasteiger partial charge in [-0.1, -0.05) is 6.08 Å². The van der Waals surface area contributed by atoms with Crippen LogP contribution in [0.2, 0.25) is 0 Å². The first-order valence-corrected chi connectivity index (χ1v) is 6.00. The van der Waals surface area contributed by atoms with Gasteiger partial charge in [-0.3, -0.25) is 9.59 Å². The minimum absolute atomic E-state index is 0.0911. The van der Waals surface area contributed by atoms with Crippen molar-refractivity contribution in [3.63, 3.8) is 0 Å². The molecule has 0 aliphatic rings. The van der Waals surface area contributed by atoms with Crippen LogP contribution in [-0.4, -0.2) is 53.1 Å². The molecule has 18 heavy (non-hydrogen) atoms. The minimum atomic E-state index is -1.12. The van der Waals surface area contributed by atoms with Gasteiger partial charge in [0.25, 0.3) is 0 Å². The second-order valence-corrected chi connectivity index (χ2v) is 4.90. The Bertz CT molecular complexity index is 301. The Hall–Kier alpha value is -1.20. The SMILES string of the molecule is C=CCCC(O)(CCC(=O)CC(=O)O)CN(C)C. The van der Waals surface area contributed by atoms with E-state index in [1.807, 2.05) is 19.0 Å². The number of carbonyl (C=O) groups is 2. The molecule has 0 spiro atoms. The molecule has 0 radical (unpaired) electrons. The predicted octanol–water partition coefficient (Wildman–Crippen LogP) is 1.07. The highest BCUT2D eigenvalue weighted by atomic mass is 16.4. The van der Waals surface area contributed by atoms with E-state index in [-0.39, 0.29) is 18.6 Å². The van der Waals surface area contributed by atoms with Crippen molar-refractivity contribution < 1.29 is 19.8 Å².